The molecular formula is C16H14FN5O2S. The molecule has 0 saturated carbocycles. The third-order valence-electron chi connectivity index (χ3n) is 3.97. The van der Waals surface area contributed by atoms with Gasteiger partial charge in [0, 0.05) is 23.7 Å². The highest BCUT2D eigenvalue weighted by Gasteiger charge is 2.24. The second kappa shape index (κ2) is 6.25. The molecular weight excluding hydrogens is 345 g/mol. The van der Waals surface area contributed by atoms with Crippen LogP contribution in [-0.2, 0) is 16.0 Å². The van der Waals surface area contributed by atoms with Crippen LogP contribution in [0.1, 0.15) is 18.5 Å². The Labute approximate surface area is 145 Å². The van der Waals surface area contributed by atoms with Gasteiger partial charge in [0.1, 0.15) is 5.82 Å². The van der Waals surface area contributed by atoms with Crippen molar-refractivity contribution in [2.75, 3.05) is 16.8 Å². The lowest BCUT2D eigenvalue weighted by atomic mass is 10.2. The Morgan fingerprint density at radius 3 is 3.12 bits per heavy atom. The first-order valence-corrected chi connectivity index (χ1v) is 8.66. The Balaban J connectivity index is 1.46. The van der Waals surface area contributed by atoms with E-state index in [0.717, 1.165) is 6.42 Å². The number of thiazole rings is 1. The first-order chi connectivity index (χ1) is 12.1. The summed E-state index contributed by atoms with van der Waals surface area (Å²) in [4.78, 5) is 30.0. The Bertz CT molecular complexity index is 966. The summed E-state index contributed by atoms with van der Waals surface area (Å²) in [5.74, 6) is -0.355. The Morgan fingerprint density at radius 2 is 2.32 bits per heavy atom. The van der Waals surface area contributed by atoms with Crippen LogP contribution in [0.5, 0.6) is 0 Å². The minimum atomic E-state index is -0.399. The molecule has 7 nitrogen and oxygen atoms in total. The summed E-state index contributed by atoms with van der Waals surface area (Å²) in [6.45, 7) is 0.669. The molecule has 1 aliphatic rings. The number of halogens is 1. The fourth-order valence-corrected chi connectivity index (χ4v) is 3.64. The van der Waals surface area contributed by atoms with Crippen molar-refractivity contribution >= 4 is 45.0 Å². The Kier molecular flexibility index (Phi) is 3.92. The molecule has 3 aromatic rings. The van der Waals surface area contributed by atoms with E-state index >= 15 is 0 Å². The number of H-pyrrole nitrogens is 1. The molecule has 25 heavy (non-hydrogen) atoms. The van der Waals surface area contributed by atoms with E-state index in [1.165, 1.54) is 23.5 Å². The molecule has 1 aliphatic heterocycles. The van der Waals surface area contributed by atoms with Crippen LogP contribution in [0.15, 0.2) is 23.6 Å². The number of amides is 2. The zero-order chi connectivity index (χ0) is 17.4. The Hall–Kier alpha value is -2.81. The van der Waals surface area contributed by atoms with Gasteiger partial charge in [-0.15, -0.1) is 11.3 Å². The highest BCUT2D eigenvalue weighted by Crippen LogP contribution is 2.26. The maximum Gasteiger partial charge on any atom is 0.231 e. The number of anilines is 2. The number of nitrogens with zero attached hydrogens (tertiary/aromatic N) is 3. The van der Waals surface area contributed by atoms with Crippen LogP contribution in [0.2, 0.25) is 0 Å². The van der Waals surface area contributed by atoms with E-state index in [1.807, 2.05) is 0 Å². The van der Waals surface area contributed by atoms with E-state index in [0.29, 0.717) is 34.7 Å². The number of fused-ring (bicyclic) bond motifs is 1. The fraction of sp³-hybridized carbons (Fsp3) is 0.250. The van der Waals surface area contributed by atoms with Crippen LogP contribution < -0.4 is 10.2 Å². The van der Waals surface area contributed by atoms with E-state index in [1.54, 1.807) is 16.3 Å². The van der Waals surface area contributed by atoms with Crippen molar-refractivity contribution in [3.8, 4) is 0 Å². The molecule has 4 rings (SSSR count). The van der Waals surface area contributed by atoms with Gasteiger partial charge >= 0.3 is 0 Å². The minimum Gasteiger partial charge on any atom is -0.308 e. The lowest BCUT2D eigenvalue weighted by molar-refractivity contribution is -0.117. The molecule has 1 saturated heterocycles. The lowest BCUT2D eigenvalue weighted by Crippen LogP contribution is -2.23. The van der Waals surface area contributed by atoms with Crippen LogP contribution in [0.25, 0.3) is 10.9 Å². The topological polar surface area (TPSA) is 91.0 Å². The number of benzene rings is 1. The van der Waals surface area contributed by atoms with Gasteiger partial charge in [0.05, 0.1) is 17.6 Å². The van der Waals surface area contributed by atoms with Crippen molar-refractivity contribution < 1.29 is 14.0 Å². The normalized spacial score (nSPS) is 14.4. The molecule has 2 amide bonds. The van der Waals surface area contributed by atoms with Crippen molar-refractivity contribution in [1.29, 1.82) is 0 Å². The van der Waals surface area contributed by atoms with Crippen molar-refractivity contribution in [3.05, 3.63) is 35.1 Å². The molecule has 9 heteroatoms. The molecule has 0 bridgehead atoms. The average Bonchev–Trinajstić information content (AvgIpc) is 3.28. The molecule has 0 atom stereocenters. The highest BCUT2D eigenvalue weighted by atomic mass is 32.1. The van der Waals surface area contributed by atoms with Gasteiger partial charge < -0.3 is 5.32 Å². The van der Waals surface area contributed by atoms with Gasteiger partial charge in [-0.1, -0.05) is 0 Å². The molecule has 3 heterocycles. The first kappa shape index (κ1) is 15.7. The van der Waals surface area contributed by atoms with Crippen LogP contribution in [0.3, 0.4) is 0 Å². The zero-order valence-electron chi connectivity index (χ0n) is 13.1. The third kappa shape index (κ3) is 3.10. The minimum absolute atomic E-state index is 0.0577. The van der Waals surface area contributed by atoms with Gasteiger partial charge in [-0.25, -0.2) is 9.37 Å². The number of hydrogen-bond acceptors (Lipinski definition) is 5. The van der Waals surface area contributed by atoms with Gasteiger partial charge in [0.15, 0.2) is 10.9 Å². The van der Waals surface area contributed by atoms with Crippen molar-refractivity contribution in [2.45, 2.75) is 19.3 Å². The van der Waals surface area contributed by atoms with Gasteiger partial charge in [0.2, 0.25) is 11.8 Å². The fourth-order valence-electron chi connectivity index (χ4n) is 2.77. The summed E-state index contributed by atoms with van der Waals surface area (Å²) in [7, 11) is 0. The second-order valence-corrected chi connectivity index (χ2v) is 6.59. The van der Waals surface area contributed by atoms with Crippen LogP contribution in [-0.4, -0.2) is 33.5 Å². The number of aromatic amines is 1. The van der Waals surface area contributed by atoms with E-state index in [-0.39, 0.29) is 24.1 Å². The number of carbonyl (C=O) groups is 2. The van der Waals surface area contributed by atoms with E-state index < -0.39 is 5.82 Å². The lowest BCUT2D eigenvalue weighted by Gasteiger charge is -2.10. The number of hydrogen-bond donors (Lipinski definition) is 2. The molecule has 0 unspecified atom stereocenters. The summed E-state index contributed by atoms with van der Waals surface area (Å²) in [6, 6.07) is 4.20. The quantitative estimate of drug-likeness (QED) is 0.749. The summed E-state index contributed by atoms with van der Waals surface area (Å²) in [5.41, 5.74) is 1.23. The van der Waals surface area contributed by atoms with Gasteiger partial charge in [0.25, 0.3) is 0 Å². The van der Waals surface area contributed by atoms with E-state index in [4.69, 9.17) is 0 Å². The molecule has 1 fully saturated rings. The third-order valence-corrected chi connectivity index (χ3v) is 4.88. The SMILES string of the molecule is O=C(Cc1csc(N2CCCC2=O)n1)Nc1n[nH]c2ccc(F)cc12. The number of carbonyl (C=O) groups excluding carboxylic acids is 2. The van der Waals surface area contributed by atoms with Gasteiger partial charge in [-0.2, -0.15) is 5.10 Å². The van der Waals surface area contributed by atoms with Crippen LogP contribution in [0.4, 0.5) is 15.3 Å². The summed E-state index contributed by atoms with van der Waals surface area (Å²) in [6.07, 6.45) is 1.43. The van der Waals surface area contributed by atoms with Crippen molar-refractivity contribution in [3.63, 3.8) is 0 Å². The van der Waals surface area contributed by atoms with E-state index in [9.17, 15) is 14.0 Å². The molecule has 128 valence electrons. The standard InChI is InChI=1S/C16H14FN5O2S/c17-9-3-4-12-11(6-9)15(21-20-12)19-13(23)7-10-8-25-16(18-10)22-5-1-2-14(22)24/h3-4,6,8H,1-2,5,7H2,(H2,19,20,21,23). The van der Waals surface area contributed by atoms with Crippen LogP contribution >= 0.6 is 11.3 Å². The average molecular weight is 359 g/mol. The summed E-state index contributed by atoms with van der Waals surface area (Å²) in [5, 5.41) is 12.3. The highest BCUT2D eigenvalue weighted by molar-refractivity contribution is 7.14. The van der Waals surface area contributed by atoms with E-state index in [2.05, 4.69) is 20.5 Å². The second-order valence-electron chi connectivity index (χ2n) is 5.76. The van der Waals surface area contributed by atoms with Gasteiger partial charge in [-0.3, -0.25) is 19.6 Å². The van der Waals surface area contributed by atoms with Crippen LogP contribution in [0, 0.1) is 5.82 Å². The predicted molar refractivity (Wildman–Crippen MR) is 92.1 cm³/mol. The Morgan fingerprint density at radius 1 is 1.44 bits per heavy atom. The number of aromatic nitrogens is 3. The van der Waals surface area contributed by atoms with Crippen molar-refractivity contribution in [2.24, 2.45) is 0 Å². The maximum absolute atomic E-state index is 13.4. The maximum atomic E-state index is 13.4. The first-order valence-electron chi connectivity index (χ1n) is 7.78. The summed E-state index contributed by atoms with van der Waals surface area (Å²) < 4.78 is 13.4. The predicted octanol–water partition coefficient (Wildman–Crippen LogP) is 2.47. The number of rotatable bonds is 4. The van der Waals surface area contributed by atoms with Gasteiger partial charge in [-0.05, 0) is 24.6 Å². The molecule has 1 aromatic carbocycles. The zero-order valence-corrected chi connectivity index (χ0v) is 13.9. The largest absolute Gasteiger partial charge is 0.308 e. The smallest absolute Gasteiger partial charge is 0.231 e. The molecule has 0 spiro atoms. The monoisotopic (exact) mass is 359 g/mol. The molecule has 2 N–H and O–H groups in total. The number of nitrogens with one attached hydrogen (secondary N) is 2. The molecule has 0 radical (unpaired) electrons. The molecule has 0 aliphatic carbocycles. The van der Waals surface area contributed by atoms with Crippen molar-refractivity contribution in [1.82, 2.24) is 15.2 Å². The summed E-state index contributed by atoms with van der Waals surface area (Å²) >= 11 is 1.35. The molecule has 2 aromatic heterocycles.